The Bertz CT molecular complexity index is 585. The summed E-state index contributed by atoms with van der Waals surface area (Å²) in [4.78, 5) is 0. The fourth-order valence-corrected chi connectivity index (χ4v) is 1.58. The quantitative estimate of drug-likeness (QED) is 0.920. The molecule has 2 aromatic rings. The number of ether oxygens (including phenoxy) is 1. The smallest absolute Gasteiger partial charge is 0.165 e. The van der Waals surface area contributed by atoms with Crippen LogP contribution in [0.3, 0.4) is 0 Å². The van der Waals surface area contributed by atoms with Gasteiger partial charge in [-0.25, -0.2) is 13.2 Å². The van der Waals surface area contributed by atoms with E-state index in [9.17, 15) is 13.2 Å². The maximum atomic E-state index is 13.7. The lowest BCUT2D eigenvalue weighted by Gasteiger charge is -2.08. The van der Waals surface area contributed by atoms with Gasteiger partial charge in [0, 0.05) is 12.7 Å². The van der Waals surface area contributed by atoms with Crippen LogP contribution in [0, 0.1) is 17.5 Å². The van der Waals surface area contributed by atoms with E-state index in [0.29, 0.717) is 12.0 Å². The molecule has 0 spiro atoms. The lowest BCUT2D eigenvalue weighted by molar-refractivity contribution is 0.299. The Balaban J connectivity index is 2.20. The van der Waals surface area contributed by atoms with Crippen molar-refractivity contribution >= 4 is 0 Å². The van der Waals surface area contributed by atoms with Gasteiger partial charge in [0.2, 0.25) is 0 Å². The Morgan fingerprint density at radius 2 is 1.68 bits per heavy atom. The third kappa shape index (κ3) is 3.26. The molecule has 0 fully saturated rings. The van der Waals surface area contributed by atoms with Gasteiger partial charge in [0.05, 0.1) is 0 Å². The predicted octanol–water partition coefficient (Wildman–Crippen LogP) is 3.43. The maximum absolute atomic E-state index is 13.7. The van der Waals surface area contributed by atoms with E-state index < -0.39 is 17.5 Å². The van der Waals surface area contributed by atoms with Crippen molar-refractivity contribution in [3.05, 3.63) is 59.4 Å². The van der Waals surface area contributed by atoms with Gasteiger partial charge in [0.1, 0.15) is 5.75 Å². The SMILES string of the molecule is OCCc1ccc(Oc2ccc(F)c(F)c2)c(F)c1. The van der Waals surface area contributed by atoms with E-state index >= 15 is 0 Å². The monoisotopic (exact) mass is 268 g/mol. The number of halogens is 3. The van der Waals surface area contributed by atoms with Crippen LogP contribution in [0.4, 0.5) is 13.2 Å². The minimum Gasteiger partial charge on any atom is -0.454 e. The van der Waals surface area contributed by atoms with Gasteiger partial charge in [-0.2, -0.15) is 0 Å². The Kier molecular flexibility index (Phi) is 4.06. The third-order valence-corrected chi connectivity index (χ3v) is 2.52. The molecule has 2 rings (SSSR count). The number of hydrogen-bond donors (Lipinski definition) is 1. The van der Waals surface area contributed by atoms with Crippen LogP contribution in [0.15, 0.2) is 36.4 Å². The fraction of sp³-hybridized carbons (Fsp3) is 0.143. The lowest BCUT2D eigenvalue weighted by Crippen LogP contribution is -1.94. The van der Waals surface area contributed by atoms with Crippen LogP contribution in [0.1, 0.15) is 5.56 Å². The van der Waals surface area contributed by atoms with Gasteiger partial charge in [-0.1, -0.05) is 6.07 Å². The molecule has 0 saturated carbocycles. The van der Waals surface area contributed by atoms with E-state index in [4.69, 9.17) is 9.84 Å². The molecule has 1 N–H and O–H groups in total. The Labute approximate surface area is 108 Å². The zero-order valence-corrected chi connectivity index (χ0v) is 9.87. The summed E-state index contributed by atoms with van der Waals surface area (Å²) >= 11 is 0. The largest absolute Gasteiger partial charge is 0.454 e. The van der Waals surface area contributed by atoms with E-state index in [-0.39, 0.29) is 18.1 Å². The minimum absolute atomic E-state index is 0.00714. The van der Waals surface area contributed by atoms with Crippen LogP contribution in [0.5, 0.6) is 11.5 Å². The molecular weight excluding hydrogens is 257 g/mol. The van der Waals surface area contributed by atoms with Crippen molar-refractivity contribution in [2.75, 3.05) is 6.61 Å². The van der Waals surface area contributed by atoms with Gasteiger partial charge in [0.25, 0.3) is 0 Å². The molecule has 5 heteroatoms. The van der Waals surface area contributed by atoms with E-state index in [1.165, 1.54) is 18.2 Å². The van der Waals surface area contributed by atoms with Gasteiger partial charge in [-0.3, -0.25) is 0 Å². The number of aliphatic hydroxyl groups excluding tert-OH is 1. The molecule has 2 nitrogen and oxygen atoms in total. The van der Waals surface area contributed by atoms with Crippen molar-refractivity contribution in [1.82, 2.24) is 0 Å². The van der Waals surface area contributed by atoms with E-state index in [1.807, 2.05) is 0 Å². The van der Waals surface area contributed by atoms with Crippen molar-refractivity contribution in [1.29, 1.82) is 0 Å². The van der Waals surface area contributed by atoms with Crippen LogP contribution in [-0.4, -0.2) is 11.7 Å². The second-order valence-electron chi connectivity index (χ2n) is 3.92. The van der Waals surface area contributed by atoms with Gasteiger partial charge >= 0.3 is 0 Å². The Morgan fingerprint density at radius 1 is 0.895 bits per heavy atom. The molecule has 0 amide bonds. The molecule has 2 aromatic carbocycles. The topological polar surface area (TPSA) is 29.5 Å². The molecule has 0 aliphatic heterocycles. The summed E-state index contributed by atoms with van der Waals surface area (Å²) in [6.45, 7) is -0.0805. The van der Waals surface area contributed by atoms with E-state index in [1.54, 1.807) is 6.07 Å². The zero-order chi connectivity index (χ0) is 13.8. The minimum atomic E-state index is -1.06. The average Bonchev–Trinajstić information content (AvgIpc) is 2.37. The molecular formula is C14H11F3O2. The predicted molar refractivity (Wildman–Crippen MR) is 63.6 cm³/mol. The highest BCUT2D eigenvalue weighted by atomic mass is 19.2. The summed E-state index contributed by atoms with van der Waals surface area (Å²) in [5.41, 5.74) is 0.623. The number of hydrogen-bond acceptors (Lipinski definition) is 2. The molecule has 0 aliphatic rings. The summed E-state index contributed by atoms with van der Waals surface area (Å²) < 4.78 is 44.5. The zero-order valence-electron chi connectivity index (χ0n) is 9.87. The number of rotatable bonds is 4. The molecule has 0 saturated heterocycles. The van der Waals surface area contributed by atoms with E-state index in [0.717, 1.165) is 12.1 Å². The molecule has 0 heterocycles. The first-order valence-electron chi connectivity index (χ1n) is 5.62. The molecule has 0 atom stereocenters. The van der Waals surface area contributed by atoms with Crippen LogP contribution < -0.4 is 4.74 Å². The van der Waals surface area contributed by atoms with Crippen molar-refractivity contribution in [2.24, 2.45) is 0 Å². The lowest BCUT2D eigenvalue weighted by atomic mass is 10.1. The van der Waals surface area contributed by atoms with Gasteiger partial charge in [0.15, 0.2) is 23.2 Å². The fourth-order valence-electron chi connectivity index (χ4n) is 1.58. The molecule has 0 radical (unpaired) electrons. The Morgan fingerprint density at radius 3 is 2.32 bits per heavy atom. The summed E-state index contributed by atoms with van der Waals surface area (Å²) in [6.07, 6.45) is 0.336. The normalized spacial score (nSPS) is 10.5. The highest BCUT2D eigenvalue weighted by Gasteiger charge is 2.08. The Hall–Kier alpha value is -2.01. The summed E-state index contributed by atoms with van der Waals surface area (Å²) in [6, 6.07) is 7.15. The van der Waals surface area contributed by atoms with Crippen molar-refractivity contribution in [3.8, 4) is 11.5 Å². The summed E-state index contributed by atoms with van der Waals surface area (Å²) in [5, 5.41) is 8.74. The van der Waals surface area contributed by atoms with Gasteiger partial charge in [-0.15, -0.1) is 0 Å². The summed E-state index contributed by atoms with van der Waals surface area (Å²) in [5.74, 6) is -2.77. The van der Waals surface area contributed by atoms with Crippen molar-refractivity contribution in [2.45, 2.75) is 6.42 Å². The van der Waals surface area contributed by atoms with E-state index in [2.05, 4.69) is 0 Å². The van der Waals surface area contributed by atoms with Crippen LogP contribution in [-0.2, 0) is 6.42 Å². The number of aliphatic hydroxyl groups is 1. The third-order valence-electron chi connectivity index (χ3n) is 2.52. The van der Waals surface area contributed by atoms with Crippen molar-refractivity contribution in [3.63, 3.8) is 0 Å². The van der Waals surface area contributed by atoms with Crippen LogP contribution >= 0.6 is 0 Å². The first-order chi connectivity index (χ1) is 9.10. The molecule has 0 aliphatic carbocycles. The highest BCUT2D eigenvalue weighted by Crippen LogP contribution is 2.26. The number of benzene rings is 2. The van der Waals surface area contributed by atoms with Crippen molar-refractivity contribution < 1.29 is 23.0 Å². The van der Waals surface area contributed by atoms with Crippen LogP contribution in [0.2, 0.25) is 0 Å². The average molecular weight is 268 g/mol. The molecule has 100 valence electrons. The van der Waals surface area contributed by atoms with Crippen LogP contribution in [0.25, 0.3) is 0 Å². The van der Waals surface area contributed by atoms with Gasteiger partial charge in [-0.05, 0) is 36.2 Å². The molecule has 0 bridgehead atoms. The molecule has 0 unspecified atom stereocenters. The summed E-state index contributed by atoms with van der Waals surface area (Å²) in [7, 11) is 0. The maximum Gasteiger partial charge on any atom is 0.165 e. The first kappa shape index (κ1) is 13.4. The second-order valence-corrected chi connectivity index (χ2v) is 3.92. The highest BCUT2D eigenvalue weighted by molar-refractivity contribution is 5.35. The second kappa shape index (κ2) is 5.75. The molecule has 0 aromatic heterocycles. The standard InChI is InChI=1S/C14H11F3O2/c15-11-3-2-10(8-12(11)16)19-14-4-1-9(5-6-18)7-13(14)17/h1-4,7-8,18H,5-6H2. The van der Waals surface area contributed by atoms with Gasteiger partial charge < -0.3 is 9.84 Å². The molecule has 19 heavy (non-hydrogen) atoms. The first-order valence-corrected chi connectivity index (χ1v) is 5.62.